The largest absolute Gasteiger partial charge is 0.289 e. The summed E-state index contributed by atoms with van der Waals surface area (Å²) in [7, 11) is 0. The number of rotatable bonds is 2. The molecule has 3 heteroatoms. The molecule has 98 valence electrons. The highest BCUT2D eigenvalue weighted by atomic mass is 79.9. The zero-order valence-corrected chi connectivity index (χ0v) is 12.5. The van der Waals surface area contributed by atoms with Gasteiger partial charge in [0.2, 0.25) is 0 Å². The fraction of sp³-hybridized carbons (Fsp3) is 0.0588. The van der Waals surface area contributed by atoms with Crippen molar-refractivity contribution in [3.63, 3.8) is 0 Å². The van der Waals surface area contributed by atoms with Crippen LogP contribution in [0.1, 0.15) is 21.5 Å². The molecule has 0 aliphatic heterocycles. The Hall–Kier alpha value is -2.00. The van der Waals surface area contributed by atoms with Crippen LogP contribution in [-0.4, -0.2) is 10.8 Å². The molecule has 3 rings (SSSR count). The lowest BCUT2D eigenvalue weighted by atomic mass is 9.98. The lowest BCUT2D eigenvalue weighted by Gasteiger charge is -2.07. The monoisotopic (exact) mass is 325 g/mol. The first-order valence-electron chi connectivity index (χ1n) is 6.30. The molecule has 0 amide bonds. The third kappa shape index (κ3) is 2.25. The maximum atomic E-state index is 12.7. The molecule has 0 atom stereocenters. The molecule has 0 radical (unpaired) electrons. The van der Waals surface area contributed by atoms with E-state index in [2.05, 4.69) is 20.9 Å². The molecule has 0 bridgehead atoms. The Morgan fingerprint density at radius 1 is 1.15 bits per heavy atom. The van der Waals surface area contributed by atoms with E-state index in [-0.39, 0.29) is 5.78 Å². The summed E-state index contributed by atoms with van der Waals surface area (Å²) in [5.41, 5.74) is 2.48. The van der Waals surface area contributed by atoms with Gasteiger partial charge in [0.05, 0.1) is 0 Å². The molecule has 3 aromatic rings. The first-order chi connectivity index (χ1) is 9.66. The number of carbonyl (C=O) groups is 1. The number of aryl methyl sites for hydroxylation is 1. The Kier molecular flexibility index (Phi) is 3.36. The van der Waals surface area contributed by atoms with E-state index in [4.69, 9.17) is 0 Å². The average molecular weight is 326 g/mol. The van der Waals surface area contributed by atoms with Crippen LogP contribution in [0.3, 0.4) is 0 Å². The lowest BCUT2D eigenvalue weighted by Crippen LogP contribution is -2.02. The normalized spacial score (nSPS) is 10.7. The van der Waals surface area contributed by atoms with Crippen molar-refractivity contribution < 1.29 is 4.79 Å². The summed E-state index contributed by atoms with van der Waals surface area (Å²) in [4.78, 5) is 16.8. The molecule has 0 saturated heterocycles. The molecule has 0 unspecified atom stereocenters. The van der Waals surface area contributed by atoms with Gasteiger partial charge in [0.15, 0.2) is 5.78 Å². The quantitative estimate of drug-likeness (QED) is 0.647. The van der Waals surface area contributed by atoms with E-state index in [0.29, 0.717) is 11.1 Å². The Labute approximate surface area is 125 Å². The van der Waals surface area contributed by atoms with Gasteiger partial charge >= 0.3 is 0 Å². The Morgan fingerprint density at radius 2 is 2.00 bits per heavy atom. The second kappa shape index (κ2) is 5.17. The number of fused-ring (bicyclic) bond motifs is 1. The van der Waals surface area contributed by atoms with Crippen LogP contribution in [0.25, 0.3) is 10.8 Å². The van der Waals surface area contributed by atoms with Crippen molar-refractivity contribution in [3.8, 4) is 0 Å². The minimum Gasteiger partial charge on any atom is -0.289 e. The predicted octanol–water partition coefficient (Wildman–Crippen LogP) is 4.54. The van der Waals surface area contributed by atoms with Gasteiger partial charge in [0, 0.05) is 33.4 Å². The molecule has 1 aromatic heterocycles. The van der Waals surface area contributed by atoms with Crippen molar-refractivity contribution in [2.45, 2.75) is 6.92 Å². The van der Waals surface area contributed by atoms with Crippen LogP contribution in [0.15, 0.2) is 59.3 Å². The first kappa shape index (κ1) is 13.0. The number of benzene rings is 2. The number of pyridine rings is 1. The summed E-state index contributed by atoms with van der Waals surface area (Å²) < 4.78 is 0.946. The van der Waals surface area contributed by atoms with Crippen molar-refractivity contribution >= 4 is 32.5 Å². The van der Waals surface area contributed by atoms with Gasteiger partial charge in [0.1, 0.15) is 0 Å². The average Bonchev–Trinajstić information content (AvgIpc) is 2.49. The van der Waals surface area contributed by atoms with Crippen molar-refractivity contribution in [2.75, 3.05) is 0 Å². The second-order valence-electron chi connectivity index (χ2n) is 4.70. The molecule has 0 spiro atoms. The van der Waals surface area contributed by atoms with Crippen LogP contribution in [0.5, 0.6) is 0 Å². The van der Waals surface area contributed by atoms with Gasteiger partial charge < -0.3 is 0 Å². The molecule has 1 heterocycles. The van der Waals surface area contributed by atoms with Crippen LogP contribution in [0.2, 0.25) is 0 Å². The molecule has 0 aliphatic rings. The second-order valence-corrected chi connectivity index (χ2v) is 5.55. The number of hydrogen-bond donors (Lipinski definition) is 0. The van der Waals surface area contributed by atoms with Gasteiger partial charge in [-0.25, -0.2) is 0 Å². The highest BCUT2D eigenvalue weighted by Gasteiger charge is 2.13. The summed E-state index contributed by atoms with van der Waals surface area (Å²) >= 11 is 3.47. The van der Waals surface area contributed by atoms with E-state index in [0.717, 1.165) is 20.8 Å². The predicted molar refractivity (Wildman–Crippen MR) is 84.1 cm³/mol. The number of nitrogens with zero attached hydrogens (tertiary/aromatic N) is 1. The third-order valence-corrected chi connectivity index (χ3v) is 4.22. The topological polar surface area (TPSA) is 30.0 Å². The Morgan fingerprint density at radius 3 is 2.80 bits per heavy atom. The molecule has 0 aliphatic carbocycles. The standard InChI is InChI=1S/C17H12BrNO/c1-11-5-6-13(9-16(11)18)17(20)14-4-2-3-12-7-8-19-10-15(12)14/h2-10H,1H3. The zero-order chi connectivity index (χ0) is 14.1. The molecule has 2 nitrogen and oxygen atoms in total. The number of ketones is 1. The van der Waals surface area contributed by atoms with E-state index in [1.54, 1.807) is 12.4 Å². The SMILES string of the molecule is Cc1ccc(C(=O)c2cccc3ccncc23)cc1Br. The summed E-state index contributed by atoms with van der Waals surface area (Å²) in [6.07, 6.45) is 3.48. The Balaban J connectivity index is 2.15. The minimum atomic E-state index is 0.0179. The van der Waals surface area contributed by atoms with E-state index in [9.17, 15) is 4.79 Å². The first-order valence-corrected chi connectivity index (χ1v) is 7.10. The molecular weight excluding hydrogens is 314 g/mol. The van der Waals surface area contributed by atoms with E-state index >= 15 is 0 Å². The van der Waals surface area contributed by atoms with Gasteiger partial charge in [-0.15, -0.1) is 0 Å². The molecule has 0 N–H and O–H groups in total. The van der Waals surface area contributed by atoms with Crippen LogP contribution in [-0.2, 0) is 0 Å². The van der Waals surface area contributed by atoms with Crippen LogP contribution in [0.4, 0.5) is 0 Å². The summed E-state index contributed by atoms with van der Waals surface area (Å²) in [5.74, 6) is 0.0179. The van der Waals surface area contributed by atoms with Gasteiger partial charge in [-0.05, 0) is 30.0 Å². The maximum absolute atomic E-state index is 12.7. The summed E-state index contributed by atoms with van der Waals surface area (Å²) in [6, 6.07) is 13.3. The van der Waals surface area contributed by atoms with Gasteiger partial charge in [0.25, 0.3) is 0 Å². The lowest BCUT2D eigenvalue weighted by molar-refractivity contribution is 0.104. The van der Waals surface area contributed by atoms with Crippen molar-refractivity contribution in [2.24, 2.45) is 0 Å². The van der Waals surface area contributed by atoms with E-state index in [1.165, 1.54) is 0 Å². The molecular formula is C17H12BrNO. The fourth-order valence-electron chi connectivity index (χ4n) is 2.20. The fourth-order valence-corrected chi connectivity index (χ4v) is 2.58. The zero-order valence-electron chi connectivity index (χ0n) is 10.9. The van der Waals surface area contributed by atoms with Crippen LogP contribution < -0.4 is 0 Å². The Bertz CT molecular complexity index is 806. The molecule has 2 aromatic carbocycles. The van der Waals surface area contributed by atoms with Gasteiger partial charge in [-0.2, -0.15) is 0 Å². The number of halogens is 1. The van der Waals surface area contributed by atoms with Crippen LogP contribution >= 0.6 is 15.9 Å². The highest BCUT2D eigenvalue weighted by Crippen LogP contribution is 2.23. The van der Waals surface area contributed by atoms with Gasteiger partial charge in [-0.3, -0.25) is 9.78 Å². The van der Waals surface area contributed by atoms with Crippen molar-refractivity contribution in [1.82, 2.24) is 4.98 Å². The molecule has 0 saturated carbocycles. The smallest absolute Gasteiger partial charge is 0.193 e. The third-order valence-electron chi connectivity index (χ3n) is 3.36. The molecule has 0 fully saturated rings. The number of carbonyl (C=O) groups excluding carboxylic acids is 1. The van der Waals surface area contributed by atoms with Crippen molar-refractivity contribution in [1.29, 1.82) is 0 Å². The summed E-state index contributed by atoms with van der Waals surface area (Å²) in [5, 5.41) is 1.91. The maximum Gasteiger partial charge on any atom is 0.193 e. The summed E-state index contributed by atoms with van der Waals surface area (Å²) in [6.45, 7) is 2.00. The number of aromatic nitrogens is 1. The van der Waals surface area contributed by atoms with E-state index in [1.807, 2.05) is 49.4 Å². The highest BCUT2D eigenvalue weighted by molar-refractivity contribution is 9.10. The molecule has 20 heavy (non-hydrogen) atoms. The van der Waals surface area contributed by atoms with Crippen LogP contribution in [0, 0.1) is 6.92 Å². The van der Waals surface area contributed by atoms with Gasteiger partial charge in [-0.1, -0.05) is 46.3 Å². The number of hydrogen-bond acceptors (Lipinski definition) is 2. The minimum absolute atomic E-state index is 0.0179. The van der Waals surface area contributed by atoms with Crippen molar-refractivity contribution in [3.05, 3.63) is 76.0 Å². The van der Waals surface area contributed by atoms with E-state index < -0.39 is 0 Å².